The molecule has 3 N–H and O–H groups in total. The van der Waals surface area contributed by atoms with Crippen molar-refractivity contribution in [2.75, 3.05) is 19.7 Å². The van der Waals surface area contributed by atoms with Crippen molar-refractivity contribution in [3.8, 4) is 0 Å². The van der Waals surface area contributed by atoms with E-state index in [1.165, 1.54) is 18.2 Å². The molecule has 0 aliphatic rings. The molecular formula is C15H21FN2O3. The van der Waals surface area contributed by atoms with E-state index >= 15 is 0 Å². The molecule has 1 aromatic rings. The second-order valence-electron chi connectivity index (χ2n) is 5.61. The first-order valence-corrected chi connectivity index (χ1v) is 6.75. The number of amides is 2. The Bertz CT molecular complexity index is 503. The minimum Gasteiger partial charge on any atom is -0.396 e. The van der Waals surface area contributed by atoms with Gasteiger partial charge in [-0.05, 0) is 30.0 Å². The molecule has 0 spiro atoms. The van der Waals surface area contributed by atoms with Crippen LogP contribution in [-0.4, -0.2) is 36.6 Å². The fourth-order valence-electron chi connectivity index (χ4n) is 1.68. The monoisotopic (exact) mass is 296 g/mol. The Kier molecular flexibility index (Phi) is 6.30. The summed E-state index contributed by atoms with van der Waals surface area (Å²) in [6.07, 6.45) is 0.572. The molecular weight excluding hydrogens is 275 g/mol. The molecule has 0 saturated heterocycles. The highest BCUT2D eigenvalue weighted by atomic mass is 19.1. The maximum atomic E-state index is 13.0. The highest BCUT2D eigenvalue weighted by Crippen LogP contribution is 2.17. The molecule has 116 valence electrons. The van der Waals surface area contributed by atoms with Crippen molar-refractivity contribution in [2.24, 2.45) is 5.41 Å². The molecule has 6 heteroatoms. The molecule has 0 saturated carbocycles. The lowest BCUT2D eigenvalue weighted by molar-refractivity contribution is -0.120. The summed E-state index contributed by atoms with van der Waals surface area (Å²) in [5.41, 5.74) is -0.0415. The molecule has 0 aliphatic heterocycles. The highest BCUT2D eigenvalue weighted by molar-refractivity contribution is 5.96. The van der Waals surface area contributed by atoms with Crippen molar-refractivity contribution in [1.29, 1.82) is 0 Å². The van der Waals surface area contributed by atoms with Crippen LogP contribution in [0.25, 0.3) is 0 Å². The van der Waals surface area contributed by atoms with Crippen LogP contribution in [0.1, 0.15) is 30.6 Å². The van der Waals surface area contributed by atoms with Gasteiger partial charge in [0.25, 0.3) is 5.91 Å². The molecule has 2 amide bonds. The summed E-state index contributed by atoms with van der Waals surface area (Å²) in [5.74, 6) is -1.33. The second kappa shape index (κ2) is 7.73. The summed E-state index contributed by atoms with van der Waals surface area (Å²) in [7, 11) is 0. The summed E-state index contributed by atoms with van der Waals surface area (Å²) in [6, 6.07) is 5.26. The van der Waals surface area contributed by atoms with Crippen LogP contribution < -0.4 is 10.6 Å². The van der Waals surface area contributed by atoms with Crippen LogP contribution in [0.5, 0.6) is 0 Å². The number of halogens is 1. The van der Waals surface area contributed by atoms with Crippen LogP contribution in [0.4, 0.5) is 4.39 Å². The molecule has 1 rings (SSSR count). The Hall–Kier alpha value is -1.95. The molecule has 0 bridgehead atoms. The smallest absolute Gasteiger partial charge is 0.251 e. The van der Waals surface area contributed by atoms with Gasteiger partial charge >= 0.3 is 0 Å². The number of carbonyl (C=O) groups excluding carboxylic acids is 2. The maximum absolute atomic E-state index is 13.0. The third kappa shape index (κ3) is 6.35. The van der Waals surface area contributed by atoms with Gasteiger partial charge < -0.3 is 15.7 Å². The zero-order valence-corrected chi connectivity index (χ0v) is 12.3. The van der Waals surface area contributed by atoms with Crippen molar-refractivity contribution in [3.05, 3.63) is 35.6 Å². The Morgan fingerprint density at radius 1 is 1.29 bits per heavy atom. The van der Waals surface area contributed by atoms with Crippen LogP contribution in [-0.2, 0) is 4.79 Å². The van der Waals surface area contributed by atoms with Crippen molar-refractivity contribution in [2.45, 2.75) is 20.3 Å². The number of carbonyl (C=O) groups is 2. The largest absolute Gasteiger partial charge is 0.396 e. The van der Waals surface area contributed by atoms with Gasteiger partial charge in [-0.15, -0.1) is 0 Å². The molecule has 5 nitrogen and oxygen atoms in total. The van der Waals surface area contributed by atoms with Crippen LogP contribution in [0.3, 0.4) is 0 Å². The average molecular weight is 296 g/mol. The molecule has 0 heterocycles. The van der Waals surface area contributed by atoms with E-state index in [0.717, 1.165) is 6.07 Å². The predicted octanol–water partition coefficient (Wildman–Crippen LogP) is 1.08. The van der Waals surface area contributed by atoms with Crippen molar-refractivity contribution in [3.63, 3.8) is 0 Å². The van der Waals surface area contributed by atoms with Crippen LogP contribution in [0.15, 0.2) is 24.3 Å². The standard InChI is InChI=1S/C15H21FN2O3/c1-15(2,6-7-19)10-18-13(20)9-17-14(21)11-4-3-5-12(16)8-11/h3-5,8,19H,6-7,9-10H2,1-2H3,(H,17,21)(H,18,20). The van der Waals surface area contributed by atoms with Crippen molar-refractivity contribution in [1.82, 2.24) is 10.6 Å². The summed E-state index contributed by atoms with van der Waals surface area (Å²) >= 11 is 0. The number of aliphatic hydroxyl groups excluding tert-OH is 1. The Morgan fingerprint density at radius 3 is 2.62 bits per heavy atom. The van der Waals surface area contributed by atoms with Gasteiger partial charge in [-0.3, -0.25) is 9.59 Å². The fourth-order valence-corrected chi connectivity index (χ4v) is 1.68. The summed E-state index contributed by atoms with van der Waals surface area (Å²) < 4.78 is 13.0. The van der Waals surface area contributed by atoms with E-state index in [0.29, 0.717) is 13.0 Å². The van der Waals surface area contributed by atoms with Gasteiger partial charge in [0.05, 0.1) is 6.54 Å². The first-order valence-electron chi connectivity index (χ1n) is 6.75. The van der Waals surface area contributed by atoms with E-state index in [4.69, 9.17) is 5.11 Å². The Morgan fingerprint density at radius 2 is 2.00 bits per heavy atom. The van der Waals surface area contributed by atoms with E-state index in [-0.39, 0.29) is 30.0 Å². The van der Waals surface area contributed by atoms with Gasteiger partial charge in [0, 0.05) is 18.7 Å². The molecule has 21 heavy (non-hydrogen) atoms. The highest BCUT2D eigenvalue weighted by Gasteiger charge is 2.18. The quantitative estimate of drug-likeness (QED) is 0.704. The van der Waals surface area contributed by atoms with E-state index in [1.807, 2.05) is 13.8 Å². The molecule has 0 radical (unpaired) electrons. The zero-order valence-electron chi connectivity index (χ0n) is 12.3. The summed E-state index contributed by atoms with van der Waals surface area (Å²) in [4.78, 5) is 23.3. The molecule has 0 unspecified atom stereocenters. The number of hydrogen-bond acceptors (Lipinski definition) is 3. The third-order valence-corrected chi connectivity index (χ3v) is 3.05. The topological polar surface area (TPSA) is 78.4 Å². The average Bonchev–Trinajstić information content (AvgIpc) is 2.42. The van der Waals surface area contributed by atoms with Gasteiger partial charge in [0.1, 0.15) is 5.82 Å². The molecule has 0 atom stereocenters. The van der Waals surface area contributed by atoms with E-state index in [2.05, 4.69) is 10.6 Å². The first-order chi connectivity index (χ1) is 9.84. The lowest BCUT2D eigenvalue weighted by Gasteiger charge is -2.23. The van der Waals surface area contributed by atoms with Gasteiger partial charge in [0.15, 0.2) is 0 Å². The van der Waals surface area contributed by atoms with Crippen LogP contribution in [0.2, 0.25) is 0 Å². The van der Waals surface area contributed by atoms with Gasteiger partial charge in [0.2, 0.25) is 5.91 Å². The van der Waals surface area contributed by atoms with Gasteiger partial charge in [-0.25, -0.2) is 4.39 Å². The molecule has 0 aliphatic carbocycles. The first kappa shape index (κ1) is 17.1. The Balaban J connectivity index is 2.38. The zero-order chi connectivity index (χ0) is 15.9. The minimum absolute atomic E-state index is 0.0547. The third-order valence-electron chi connectivity index (χ3n) is 3.05. The summed E-state index contributed by atoms with van der Waals surface area (Å²) in [6.45, 7) is 4.13. The number of benzene rings is 1. The number of rotatable bonds is 7. The van der Waals surface area contributed by atoms with Crippen molar-refractivity contribution < 1.29 is 19.1 Å². The van der Waals surface area contributed by atoms with E-state index in [1.54, 1.807) is 0 Å². The lowest BCUT2D eigenvalue weighted by atomic mass is 9.90. The van der Waals surface area contributed by atoms with E-state index in [9.17, 15) is 14.0 Å². The maximum Gasteiger partial charge on any atom is 0.251 e. The summed E-state index contributed by atoms with van der Waals surface area (Å²) in [5, 5.41) is 14.0. The van der Waals surface area contributed by atoms with Crippen molar-refractivity contribution >= 4 is 11.8 Å². The van der Waals surface area contributed by atoms with Crippen LogP contribution >= 0.6 is 0 Å². The molecule has 0 fully saturated rings. The fraction of sp³-hybridized carbons (Fsp3) is 0.467. The SMILES string of the molecule is CC(C)(CCO)CNC(=O)CNC(=O)c1cccc(F)c1. The predicted molar refractivity (Wildman–Crippen MR) is 77.2 cm³/mol. The van der Waals surface area contributed by atoms with Crippen LogP contribution in [0, 0.1) is 11.2 Å². The van der Waals surface area contributed by atoms with Gasteiger partial charge in [-0.2, -0.15) is 0 Å². The lowest BCUT2D eigenvalue weighted by Crippen LogP contribution is -2.41. The number of aliphatic hydroxyl groups is 1. The van der Waals surface area contributed by atoms with Gasteiger partial charge in [-0.1, -0.05) is 19.9 Å². The number of nitrogens with one attached hydrogen (secondary N) is 2. The normalized spacial score (nSPS) is 11.0. The van der Waals surface area contributed by atoms with E-state index < -0.39 is 11.7 Å². The minimum atomic E-state index is -0.502. The number of hydrogen-bond donors (Lipinski definition) is 3. The second-order valence-corrected chi connectivity index (χ2v) is 5.61. The Labute approximate surface area is 123 Å². The molecule has 1 aromatic carbocycles. The molecule has 0 aromatic heterocycles.